The molecule has 4 rings (SSSR count). The molecule has 2 heterocycles. The molecule has 0 aliphatic rings. The molecule has 0 saturated heterocycles. The third kappa shape index (κ3) is 2.21. The molecule has 23 heavy (non-hydrogen) atoms. The normalized spacial score (nSPS) is 11.2. The number of nitrogens with zero attached hydrogens (tertiary/aromatic N) is 4. The van der Waals surface area contributed by atoms with E-state index >= 15 is 0 Å². The summed E-state index contributed by atoms with van der Waals surface area (Å²) >= 11 is 0. The number of hydrogen-bond acceptors (Lipinski definition) is 4. The summed E-state index contributed by atoms with van der Waals surface area (Å²) in [6, 6.07) is 14.3. The van der Waals surface area contributed by atoms with E-state index < -0.39 is 0 Å². The van der Waals surface area contributed by atoms with Crippen molar-refractivity contribution < 1.29 is 0 Å². The molecule has 0 bridgehead atoms. The fourth-order valence-corrected chi connectivity index (χ4v) is 2.90. The Morgan fingerprint density at radius 1 is 1.09 bits per heavy atom. The molecule has 2 aromatic heterocycles. The number of nitrogens with one attached hydrogen (secondary N) is 1. The van der Waals surface area contributed by atoms with Gasteiger partial charge in [-0.3, -0.25) is 4.40 Å². The van der Waals surface area contributed by atoms with Gasteiger partial charge in [0.25, 0.3) is 0 Å². The van der Waals surface area contributed by atoms with Gasteiger partial charge in [-0.05, 0) is 36.6 Å². The maximum atomic E-state index is 4.76. The summed E-state index contributed by atoms with van der Waals surface area (Å²) in [5.74, 6) is 0.729. The Kier molecular flexibility index (Phi) is 3.19. The summed E-state index contributed by atoms with van der Waals surface area (Å²) in [6.45, 7) is 4.26. The predicted octanol–water partition coefficient (Wildman–Crippen LogP) is 3.89. The minimum absolute atomic E-state index is 0.729. The number of aryl methyl sites for hydroxylation is 2. The first-order valence-electron chi connectivity index (χ1n) is 7.72. The minimum atomic E-state index is 0.729. The van der Waals surface area contributed by atoms with Gasteiger partial charge in [-0.2, -0.15) is 0 Å². The topological polar surface area (TPSA) is 55.1 Å². The van der Waals surface area contributed by atoms with Gasteiger partial charge in [0.2, 0.25) is 5.95 Å². The zero-order chi connectivity index (χ0) is 15.8. The Balaban J connectivity index is 1.94. The number of hydrogen-bond donors (Lipinski definition) is 1. The quantitative estimate of drug-likeness (QED) is 0.624. The molecule has 114 valence electrons. The van der Waals surface area contributed by atoms with Gasteiger partial charge >= 0.3 is 0 Å². The summed E-state index contributed by atoms with van der Waals surface area (Å²) in [7, 11) is 0. The van der Waals surface area contributed by atoms with Crippen molar-refractivity contribution in [1.29, 1.82) is 0 Å². The van der Waals surface area contributed by atoms with Gasteiger partial charge in [-0.1, -0.05) is 37.3 Å². The third-order valence-electron chi connectivity index (χ3n) is 4.12. The number of aromatic nitrogens is 4. The highest BCUT2D eigenvalue weighted by molar-refractivity contribution is 5.92. The lowest BCUT2D eigenvalue weighted by Gasteiger charge is -2.15. The number of para-hydroxylation sites is 2. The van der Waals surface area contributed by atoms with E-state index in [1.807, 2.05) is 28.7 Å². The molecule has 5 nitrogen and oxygen atoms in total. The van der Waals surface area contributed by atoms with Crippen LogP contribution in [0, 0.1) is 6.92 Å². The van der Waals surface area contributed by atoms with Gasteiger partial charge in [0, 0.05) is 11.1 Å². The summed E-state index contributed by atoms with van der Waals surface area (Å²) in [4.78, 5) is 4.76. The van der Waals surface area contributed by atoms with Crippen LogP contribution in [-0.2, 0) is 6.42 Å². The lowest BCUT2D eigenvalue weighted by atomic mass is 10.1. The van der Waals surface area contributed by atoms with Crippen molar-refractivity contribution in [2.75, 3.05) is 5.32 Å². The van der Waals surface area contributed by atoms with Gasteiger partial charge < -0.3 is 5.32 Å². The first-order chi connectivity index (χ1) is 11.3. The van der Waals surface area contributed by atoms with Crippen LogP contribution in [0.1, 0.15) is 18.1 Å². The lowest BCUT2D eigenvalue weighted by molar-refractivity contribution is 1.07. The number of benzene rings is 2. The van der Waals surface area contributed by atoms with E-state index in [0.29, 0.717) is 0 Å². The standard InChI is InChI=1S/C18H17N5/c1-3-13-8-6-7-12(2)16(13)21-18-20-15-10-5-4-9-14(15)17-22-19-11-23(17)18/h4-11H,3H2,1-2H3,(H,20,21). The molecule has 0 unspecified atom stereocenters. The van der Waals surface area contributed by atoms with E-state index in [9.17, 15) is 0 Å². The highest BCUT2D eigenvalue weighted by Gasteiger charge is 2.12. The van der Waals surface area contributed by atoms with Crippen molar-refractivity contribution in [3.8, 4) is 0 Å². The van der Waals surface area contributed by atoms with Crippen LogP contribution >= 0.6 is 0 Å². The molecule has 0 amide bonds. The van der Waals surface area contributed by atoms with Crippen LogP contribution in [-0.4, -0.2) is 19.6 Å². The van der Waals surface area contributed by atoms with Crippen LogP contribution in [0.3, 0.4) is 0 Å². The fraction of sp³-hybridized carbons (Fsp3) is 0.167. The molecule has 0 aliphatic heterocycles. The van der Waals surface area contributed by atoms with Crippen LogP contribution in [0.15, 0.2) is 48.8 Å². The average molecular weight is 303 g/mol. The van der Waals surface area contributed by atoms with Crippen molar-refractivity contribution in [1.82, 2.24) is 19.6 Å². The number of fused-ring (bicyclic) bond motifs is 3. The molecular weight excluding hydrogens is 286 g/mol. The lowest BCUT2D eigenvalue weighted by Crippen LogP contribution is -2.05. The maximum Gasteiger partial charge on any atom is 0.215 e. The van der Waals surface area contributed by atoms with E-state index in [4.69, 9.17) is 4.98 Å². The summed E-state index contributed by atoms with van der Waals surface area (Å²) in [5, 5.41) is 12.8. The Morgan fingerprint density at radius 3 is 2.83 bits per heavy atom. The van der Waals surface area contributed by atoms with E-state index in [2.05, 4.69) is 47.6 Å². The smallest absolute Gasteiger partial charge is 0.215 e. The zero-order valence-electron chi connectivity index (χ0n) is 13.1. The van der Waals surface area contributed by atoms with Crippen LogP contribution in [0.5, 0.6) is 0 Å². The minimum Gasteiger partial charge on any atom is -0.325 e. The molecule has 0 atom stereocenters. The first-order valence-corrected chi connectivity index (χ1v) is 7.72. The molecule has 0 spiro atoms. The van der Waals surface area contributed by atoms with Crippen LogP contribution in [0.4, 0.5) is 11.6 Å². The second-order valence-corrected chi connectivity index (χ2v) is 5.56. The molecule has 4 aromatic rings. The van der Waals surface area contributed by atoms with Crippen LogP contribution in [0.2, 0.25) is 0 Å². The summed E-state index contributed by atoms with van der Waals surface area (Å²) in [5.41, 5.74) is 5.28. The van der Waals surface area contributed by atoms with E-state index in [1.165, 1.54) is 11.1 Å². The molecule has 0 aliphatic carbocycles. The van der Waals surface area contributed by atoms with Crippen molar-refractivity contribution in [3.05, 3.63) is 59.9 Å². The zero-order valence-corrected chi connectivity index (χ0v) is 13.1. The van der Waals surface area contributed by atoms with Gasteiger partial charge in [0.05, 0.1) is 5.52 Å². The Hall–Kier alpha value is -2.95. The van der Waals surface area contributed by atoms with E-state index in [1.54, 1.807) is 6.33 Å². The number of anilines is 2. The molecule has 1 N–H and O–H groups in total. The fourth-order valence-electron chi connectivity index (χ4n) is 2.90. The van der Waals surface area contributed by atoms with E-state index in [0.717, 1.165) is 34.6 Å². The molecule has 0 saturated carbocycles. The Morgan fingerprint density at radius 2 is 1.96 bits per heavy atom. The highest BCUT2D eigenvalue weighted by Crippen LogP contribution is 2.27. The van der Waals surface area contributed by atoms with Gasteiger partial charge in [0.15, 0.2) is 5.65 Å². The van der Waals surface area contributed by atoms with Crippen molar-refractivity contribution in [2.45, 2.75) is 20.3 Å². The van der Waals surface area contributed by atoms with E-state index in [-0.39, 0.29) is 0 Å². The Labute approximate surface area is 134 Å². The SMILES string of the molecule is CCc1cccc(C)c1Nc1nc2ccccc2c2nncn12. The van der Waals surface area contributed by atoms with Gasteiger partial charge in [-0.25, -0.2) is 4.98 Å². The molecule has 0 radical (unpaired) electrons. The van der Waals surface area contributed by atoms with Crippen LogP contribution in [0.25, 0.3) is 16.6 Å². The highest BCUT2D eigenvalue weighted by atomic mass is 15.3. The van der Waals surface area contributed by atoms with Crippen LogP contribution < -0.4 is 5.32 Å². The second kappa shape index (κ2) is 5.35. The molecule has 0 fully saturated rings. The molecule has 2 aromatic carbocycles. The van der Waals surface area contributed by atoms with Crippen molar-refractivity contribution in [2.24, 2.45) is 0 Å². The third-order valence-corrected chi connectivity index (χ3v) is 4.12. The van der Waals surface area contributed by atoms with Crippen molar-refractivity contribution >= 4 is 28.2 Å². The van der Waals surface area contributed by atoms with Crippen molar-refractivity contribution in [3.63, 3.8) is 0 Å². The van der Waals surface area contributed by atoms with Gasteiger partial charge in [0.1, 0.15) is 6.33 Å². The largest absolute Gasteiger partial charge is 0.325 e. The van der Waals surface area contributed by atoms with Gasteiger partial charge in [-0.15, -0.1) is 10.2 Å². The summed E-state index contributed by atoms with van der Waals surface area (Å²) in [6.07, 6.45) is 2.66. The monoisotopic (exact) mass is 303 g/mol. The molecule has 5 heteroatoms. The molecular formula is C18H17N5. The number of rotatable bonds is 3. The Bertz CT molecular complexity index is 1000. The maximum absolute atomic E-state index is 4.76. The predicted molar refractivity (Wildman–Crippen MR) is 92.1 cm³/mol. The average Bonchev–Trinajstić information content (AvgIpc) is 3.07. The summed E-state index contributed by atoms with van der Waals surface area (Å²) < 4.78 is 1.90. The second-order valence-electron chi connectivity index (χ2n) is 5.56. The first kappa shape index (κ1) is 13.7.